The summed E-state index contributed by atoms with van der Waals surface area (Å²) in [6.45, 7) is 9.82. The highest BCUT2D eigenvalue weighted by molar-refractivity contribution is 5.91. The van der Waals surface area contributed by atoms with Gasteiger partial charge in [-0.25, -0.2) is 19.4 Å². The molecular formula is C29H38N6O5. The Balaban J connectivity index is 1.53. The number of hydrogen-bond donors (Lipinski definition) is 2. The summed E-state index contributed by atoms with van der Waals surface area (Å²) < 4.78 is 18.2. The fourth-order valence-electron chi connectivity index (χ4n) is 4.42. The predicted molar refractivity (Wildman–Crippen MR) is 150 cm³/mol. The molecule has 214 valence electrons. The van der Waals surface area contributed by atoms with Gasteiger partial charge in [-0.2, -0.15) is 5.10 Å². The molecule has 1 saturated heterocycles. The van der Waals surface area contributed by atoms with Crippen molar-refractivity contribution in [3.05, 3.63) is 54.1 Å². The minimum absolute atomic E-state index is 0.0174. The molecule has 1 fully saturated rings. The van der Waals surface area contributed by atoms with E-state index in [1.807, 2.05) is 44.2 Å². The van der Waals surface area contributed by atoms with Crippen LogP contribution in [0.4, 0.5) is 10.6 Å². The number of para-hydroxylation sites is 1. The van der Waals surface area contributed by atoms with Crippen molar-refractivity contribution >= 4 is 17.8 Å². The molecule has 1 aromatic carbocycles. The fourth-order valence-corrected chi connectivity index (χ4v) is 4.42. The Hall–Kier alpha value is -3.83. The van der Waals surface area contributed by atoms with Crippen LogP contribution in [0.1, 0.15) is 51.9 Å². The third kappa shape index (κ3) is 7.02. The Labute approximate surface area is 234 Å². The third-order valence-electron chi connectivity index (χ3n) is 6.73. The Morgan fingerprint density at radius 3 is 2.50 bits per heavy atom. The second-order valence-electron chi connectivity index (χ2n) is 11.0. The van der Waals surface area contributed by atoms with Crippen LogP contribution in [0, 0.1) is 12.3 Å². The summed E-state index contributed by atoms with van der Waals surface area (Å²) in [4.78, 5) is 34.0. The topological polar surface area (TPSA) is 129 Å². The lowest BCUT2D eigenvalue weighted by molar-refractivity contribution is -0.154. The van der Waals surface area contributed by atoms with Gasteiger partial charge in [-0.3, -0.25) is 10.1 Å². The zero-order valence-corrected chi connectivity index (χ0v) is 23.9. The number of hydrogen-bond acceptors (Lipinski definition) is 8. The zero-order chi connectivity index (χ0) is 28.9. The minimum Gasteiger partial charge on any atom is -0.457 e. The van der Waals surface area contributed by atoms with Crippen molar-refractivity contribution in [2.75, 3.05) is 19.0 Å². The molecule has 1 aliphatic heterocycles. The Morgan fingerprint density at radius 1 is 1.15 bits per heavy atom. The van der Waals surface area contributed by atoms with Gasteiger partial charge in [0.05, 0.1) is 29.4 Å². The average molecular weight is 551 g/mol. The molecule has 2 N–H and O–H groups in total. The molecule has 2 aromatic heterocycles. The molecule has 4 rings (SSSR count). The van der Waals surface area contributed by atoms with Crippen molar-refractivity contribution in [1.29, 1.82) is 0 Å². The maximum atomic E-state index is 13.1. The Morgan fingerprint density at radius 2 is 1.85 bits per heavy atom. The summed E-state index contributed by atoms with van der Waals surface area (Å²) in [5, 5.41) is 10.9. The molecule has 0 aliphatic carbocycles. The fraction of sp³-hybridized carbons (Fsp3) is 0.483. The smallest absolute Gasteiger partial charge is 0.320 e. The molecule has 11 heteroatoms. The molecule has 3 heterocycles. The highest BCUT2D eigenvalue weighted by Gasteiger charge is 2.33. The first-order chi connectivity index (χ1) is 19.1. The Kier molecular flexibility index (Phi) is 9.16. The maximum Gasteiger partial charge on any atom is 0.320 e. The van der Waals surface area contributed by atoms with Gasteiger partial charge in [0.25, 0.3) is 0 Å². The molecule has 0 spiro atoms. The lowest BCUT2D eigenvalue weighted by Gasteiger charge is -2.17. The van der Waals surface area contributed by atoms with Crippen molar-refractivity contribution in [3.63, 3.8) is 0 Å². The van der Waals surface area contributed by atoms with Crippen LogP contribution in [0.3, 0.4) is 0 Å². The molecule has 0 saturated carbocycles. The molecule has 1 unspecified atom stereocenters. The average Bonchev–Trinajstić information content (AvgIpc) is 3.44. The number of methoxy groups -OCH3 is 1. The molecule has 0 bridgehead atoms. The first-order valence-corrected chi connectivity index (χ1v) is 13.4. The largest absolute Gasteiger partial charge is 0.457 e. The number of benzene rings is 1. The molecule has 11 nitrogen and oxygen atoms in total. The van der Waals surface area contributed by atoms with Crippen LogP contribution in [0.15, 0.2) is 42.7 Å². The third-order valence-corrected chi connectivity index (χ3v) is 6.73. The molecular weight excluding hydrogens is 512 g/mol. The monoisotopic (exact) mass is 550 g/mol. The van der Waals surface area contributed by atoms with E-state index in [1.165, 1.54) is 0 Å². The van der Waals surface area contributed by atoms with E-state index in [-0.39, 0.29) is 36.9 Å². The molecule has 40 heavy (non-hydrogen) atoms. The van der Waals surface area contributed by atoms with E-state index >= 15 is 0 Å². The number of amides is 2. The number of ether oxygens (including phenoxy) is 3. The Bertz CT molecular complexity index is 1300. The maximum absolute atomic E-state index is 13.1. The molecule has 2 amide bonds. The van der Waals surface area contributed by atoms with Crippen molar-refractivity contribution in [1.82, 2.24) is 25.1 Å². The number of rotatable bonds is 9. The number of nitrogens with zero attached hydrogens (tertiary/aromatic N) is 4. The van der Waals surface area contributed by atoms with Crippen LogP contribution in [-0.2, 0) is 25.6 Å². The van der Waals surface area contributed by atoms with Crippen molar-refractivity contribution in [2.45, 2.75) is 72.3 Å². The second kappa shape index (κ2) is 12.6. The van der Waals surface area contributed by atoms with Gasteiger partial charge in [-0.1, -0.05) is 18.2 Å². The first-order valence-electron chi connectivity index (χ1n) is 13.4. The van der Waals surface area contributed by atoms with Gasteiger partial charge in [0.1, 0.15) is 11.5 Å². The van der Waals surface area contributed by atoms with Gasteiger partial charge in [0.2, 0.25) is 0 Å². The van der Waals surface area contributed by atoms with Crippen LogP contribution in [0.25, 0.3) is 16.9 Å². The lowest BCUT2D eigenvalue weighted by Crippen LogP contribution is -2.42. The summed E-state index contributed by atoms with van der Waals surface area (Å²) in [5.74, 6) is 0.594. The number of urea groups is 1. The highest BCUT2D eigenvalue weighted by Crippen LogP contribution is 2.30. The lowest BCUT2D eigenvalue weighted by atomic mass is 9.97. The van der Waals surface area contributed by atoms with Gasteiger partial charge < -0.3 is 19.5 Å². The number of carbonyl (C=O) groups is 2. The van der Waals surface area contributed by atoms with E-state index in [9.17, 15) is 9.59 Å². The van der Waals surface area contributed by atoms with Crippen LogP contribution in [0.5, 0.6) is 0 Å². The number of esters is 1. The summed E-state index contributed by atoms with van der Waals surface area (Å²) >= 11 is 0. The van der Waals surface area contributed by atoms with Crippen LogP contribution in [-0.4, -0.2) is 63.7 Å². The van der Waals surface area contributed by atoms with Gasteiger partial charge in [-0.15, -0.1) is 0 Å². The van der Waals surface area contributed by atoms with E-state index in [0.717, 1.165) is 24.1 Å². The van der Waals surface area contributed by atoms with Crippen molar-refractivity contribution < 1.29 is 23.8 Å². The number of anilines is 1. The van der Waals surface area contributed by atoms with Crippen LogP contribution in [0.2, 0.25) is 0 Å². The number of nitrogens with one attached hydrogen (secondary N) is 2. The number of aromatic nitrogens is 4. The second-order valence-corrected chi connectivity index (χ2v) is 11.0. The molecule has 3 aromatic rings. The zero-order valence-electron chi connectivity index (χ0n) is 23.9. The summed E-state index contributed by atoms with van der Waals surface area (Å²) in [5.41, 5.74) is 2.22. The number of carbonyl (C=O) groups excluding carboxylic acids is 2. The first kappa shape index (κ1) is 29.2. The van der Waals surface area contributed by atoms with Crippen molar-refractivity contribution in [3.8, 4) is 16.9 Å². The molecule has 1 aliphatic rings. The van der Waals surface area contributed by atoms with Gasteiger partial charge in [-0.05, 0) is 59.6 Å². The molecule has 0 radical (unpaired) electrons. The van der Waals surface area contributed by atoms with Gasteiger partial charge >= 0.3 is 12.0 Å². The van der Waals surface area contributed by atoms with Gasteiger partial charge in [0.15, 0.2) is 12.4 Å². The summed E-state index contributed by atoms with van der Waals surface area (Å²) in [6, 6.07) is 9.09. The predicted octanol–water partition coefficient (Wildman–Crippen LogP) is 4.43. The quantitative estimate of drug-likeness (QED) is 0.374. The normalized spacial score (nSPS) is 18.9. The van der Waals surface area contributed by atoms with E-state index in [2.05, 4.69) is 20.6 Å². The summed E-state index contributed by atoms with van der Waals surface area (Å²) in [7, 11) is 1.67. The van der Waals surface area contributed by atoms with E-state index in [0.29, 0.717) is 29.5 Å². The van der Waals surface area contributed by atoms with Gasteiger partial charge in [0, 0.05) is 37.2 Å². The van der Waals surface area contributed by atoms with Crippen LogP contribution < -0.4 is 10.6 Å². The van der Waals surface area contributed by atoms with Crippen LogP contribution >= 0.6 is 0 Å². The SMILES string of the molecule is COCCC1C[C@@H](NC(=O)Nc2c(C)c(-c3cnc(COC(=O)C(C)(C)C)nc3)nn2-c2ccccc2)[C@H](C)O1. The van der Waals surface area contributed by atoms with E-state index in [4.69, 9.17) is 19.3 Å². The minimum atomic E-state index is -0.606. The molecule has 3 atom stereocenters. The van der Waals surface area contributed by atoms with E-state index < -0.39 is 5.41 Å². The van der Waals surface area contributed by atoms with E-state index in [1.54, 1.807) is 45.0 Å². The highest BCUT2D eigenvalue weighted by atomic mass is 16.5. The van der Waals surface area contributed by atoms with Crippen molar-refractivity contribution in [2.24, 2.45) is 5.41 Å². The standard InChI is InChI=1S/C29H38N6O5/c1-18-25(20-15-30-24(31-16-20)17-39-27(36)29(3,4)5)34-35(21-10-8-7-9-11-21)26(18)33-28(37)32-23-14-22(12-13-38-6)40-19(23)2/h7-11,15-16,19,22-23H,12-14,17H2,1-6H3,(H2,32,33,37)/t19-,22?,23+/m0/s1. The summed E-state index contributed by atoms with van der Waals surface area (Å²) in [6.07, 6.45) is 4.71.